The highest BCUT2D eigenvalue weighted by molar-refractivity contribution is 5.75. The SMILES string of the molecule is FC(F)(F)c1ccc(-n2cc(-c3ccccc3NCc3ccncc3)nn2)cc1. The molecule has 1 N–H and O–H groups in total. The smallest absolute Gasteiger partial charge is 0.380 e. The zero-order chi connectivity index (χ0) is 20.3. The van der Waals surface area contributed by atoms with Gasteiger partial charge in [-0.15, -0.1) is 5.10 Å². The minimum atomic E-state index is -4.37. The highest BCUT2D eigenvalue weighted by atomic mass is 19.4. The van der Waals surface area contributed by atoms with Gasteiger partial charge >= 0.3 is 6.18 Å². The summed E-state index contributed by atoms with van der Waals surface area (Å²) in [5.74, 6) is 0. The number of nitrogens with zero attached hydrogens (tertiary/aromatic N) is 4. The van der Waals surface area contributed by atoms with Crippen molar-refractivity contribution in [1.29, 1.82) is 0 Å². The van der Waals surface area contributed by atoms with Crippen LogP contribution < -0.4 is 5.32 Å². The van der Waals surface area contributed by atoms with Gasteiger partial charge < -0.3 is 5.32 Å². The average Bonchev–Trinajstić information content (AvgIpc) is 3.23. The fraction of sp³-hybridized carbons (Fsp3) is 0.0952. The molecule has 0 fully saturated rings. The van der Waals surface area contributed by atoms with Gasteiger partial charge in [0.1, 0.15) is 5.69 Å². The van der Waals surface area contributed by atoms with E-state index < -0.39 is 11.7 Å². The van der Waals surface area contributed by atoms with Crippen molar-refractivity contribution in [1.82, 2.24) is 20.0 Å². The number of benzene rings is 2. The Labute approximate surface area is 164 Å². The summed E-state index contributed by atoms with van der Waals surface area (Å²) in [6, 6.07) is 16.3. The van der Waals surface area contributed by atoms with Gasteiger partial charge in [-0.3, -0.25) is 4.98 Å². The van der Waals surface area contributed by atoms with Crippen LogP contribution in [0.5, 0.6) is 0 Å². The van der Waals surface area contributed by atoms with Crippen molar-refractivity contribution < 1.29 is 13.2 Å². The third-order valence-electron chi connectivity index (χ3n) is 4.39. The van der Waals surface area contributed by atoms with Crippen molar-refractivity contribution in [3.05, 3.63) is 90.4 Å². The van der Waals surface area contributed by atoms with Crippen molar-refractivity contribution in [2.45, 2.75) is 12.7 Å². The van der Waals surface area contributed by atoms with E-state index in [0.29, 0.717) is 17.9 Å². The summed E-state index contributed by atoms with van der Waals surface area (Å²) in [7, 11) is 0. The number of rotatable bonds is 5. The molecule has 0 aliphatic carbocycles. The molecule has 0 bridgehead atoms. The van der Waals surface area contributed by atoms with Gasteiger partial charge in [0.2, 0.25) is 0 Å². The summed E-state index contributed by atoms with van der Waals surface area (Å²) < 4.78 is 39.7. The third-order valence-corrected chi connectivity index (χ3v) is 4.39. The van der Waals surface area contributed by atoms with Crippen LogP contribution in [-0.2, 0) is 12.7 Å². The fourth-order valence-electron chi connectivity index (χ4n) is 2.88. The number of hydrogen-bond acceptors (Lipinski definition) is 4. The highest BCUT2D eigenvalue weighted by Gasteiger charge is 2.30. The molecule has 0 saturated carbocycles. The third kappa shape index (κ3) is 4.26. The summed E-state index contributed by atoms with van der Waals surface area (Å²) in [6.45, 7) is 0.618. The minimum absolute atomic E-state index is 0.499. The zero-order valence-electron chi connectivity index (χ0n) is 15.1. The molecule has 4 aromatic rings. The van der Waals surface area contributed by atoms with Crippen LogP contribution in [0.3, 0.4) is 0 Å². The molecule has 4 rings (SSSR count). The summed E-state index contributed by atoms with van der Waals surface area (Å²) in [4.78, 5) is 4.00. The lowest BCUT2D eigenvalue weighted by atomic mass is 10.1. The van der Waals surface area contributed by atoms with E-state index in [4.69, 9.17) is 0 Å². The molecule has 146 valence electrons. The van der Waals surface area contributed by atoms with Crippen molar-refractivity contribution in [3.8, 4) is 16.9 Å². The standard InChI is InChI=1S/C21H16F3N5/c22-21(23,24)16-5-7-17(8-6-16)29-14-20(27-28-29)18-3-1-2-4-19(18)26-13-15-9-11-25-12-10-15/h1-12,14,26H,13H2. The maximum atomic E-state index is 12.7. The van der Waals surface area contributed by atoms with Gasteiger partial charge in [-0.25, -0.2) is 4.68 Å². The Hall–Kier alpha value is -3.68. The van der Waals surface area contributed by atoms with E-state index in [2.05, 4.69) is 20.6 Å². The lowest BCUT2D eigenvalue weighted by Crippen LogP contribution is -2.05. The largest absolute Gasteiger partial charge is 0.416 e. The lowest BCUT2D eigenvalue weighted by molar-refractivity contribution is -0.137. The Balaban J connectivity index is 1.57. The first kappa shape index (κ1) is 18.7. The van der Waals surface area contributed by atoms with E-state index in [1.807, 2.05) is 36.4 Å². The van der Waals surface area contributed by atoms with Gasteiger partial charge in [-0.2, -0.15) is 13.2 Å². The Morgan fingerprint density at radius 1 is 0.897 bits per heavy atom. The normalized spacial score (nSPS) is 11.4. The maximum absolute atomic E-state index is 12.7. The second-order valence-electron chi connectivity index (χ2n) is 6.35. The molecule has 0 radical (unpaired) electrons. The van der Waals surface area contributed by atoms with E-state index in [-0.39, 0.29) is 0 Å². The molecule has 2 aromatic heterocycles. The van der Waals surface area contributed by atoms with Crippen LogP contribution >= 0.6 is 0 Å². The number of para-hydroxylation sites is 1. The second kappa shape index (κ2) is 7.75. The molecule has 5 nitrogen and oxygen atoms in total. The summed E-state index contributed by atoms with van der Waals surface area (Å²) in [5.41, 5.74) is 3.22. The van der Waals surface area contributed by atoms with Crippen LogP contribution in [0.15, 0.2) is 79.3 Å². The van der Waals surface area contributed by atoms with Gasteiger partial charge in [0.25, 0.3) is 0 Å². The minimum Gasteiger partial charge on any atom is -0.380 e. The van der Waals surface area contributed by atoms with Gasteiger partial charge in [0.05, 0.1) is 17.4 Å². The number of alkyl halides is 3. The molecule has 29 heavy (non-hydrogen) atoms. The van der Waals surface area contributed by atoms with Gasteiger partial charge in [-0.1, -0.05) is 23.4 Å². The Morgan fingerprint density at radius 3 is 2.34 bits per heavy atom. The molecule has 0 unspecified atom stereocenters. The maximum Gasteiger partial charge on any atom is 0.416 e. The first-order chi connectivity index (χ1) is 14.0. The molecule has 0 aliphatic heterocycles. The molecule has 0 spiro atoms. The molecule has 0 aliphatic rings. The molecule has 0 saturated heterocycles. The van der Waals surface area contributed by atoms with Crippen LogP contribution in [0.1, 0.15) is 11.1 Å². The predicted octanol–water partition coefficient (Wildman–Crippen LogP) is 4.96. The van der Waals surface area contributed by atoms with E-state index in [0.717, 1.165) is 28.9 Å². The Morgan fingerprint density at radius 2 is 1.62 bits per heavy atom. The molecule has 0 amide bonds. The van der Waals surface area contributed by atoms with E-state index in [1.54, 1.807) is 18.6 Å². The first-order valence-corrected chi connectivity index (χ1v) is 8.83. The van der Waals surface area contributed by atoms with Gasteiger partial charge in [0.15, 0.2) is 0 Å². The molecular formula is C21H16F3N5. The molecule has 2 aromatic carbocycles. The number of hydrogen-bond donors (Lipinski definition) is 1. The summed E-state index contributed by atoms with van der Waals surface area (Å²) in [5, 5.41) is 11.6. The number of anilines is 1. The van der Waals surface area contributed by atoms with Crippen molar-refractivity contribution in [2.24, 2.45) is 0 Å². The average molecular weight is 395 g/mol. The second-order valence-corrected chi connectivity index (χ2v) is 6.35. The number of halogens is 3. The molecule has 2 heterocycles. The highest BCUT2D eigenvalue weighted by Crippen LogP contribution is 2.30. The topological polar surface area (TPSA) is 55.6 Å². The summed E-state index contributed by atoms with van der Waals surface area (Å²) >= 11 is 0. The van der Waals surface area contributed by atoms with Crippen LogP contribution in [0.25, 0.3) is 16.9 Å². The summed E-state index contributed by atoms with van der Waals surface area (Å²) in [6.07, 6.45) is 0.790. The zero-order valence-corrected chi connectivity index (χ0v) is 15.1. The van der Waals surface area contributed by atoms with E-state index in [9.17, 15) is 13.2 Å². The van der Waals surface area contributed by atoms with Crippen LogP contribution in [0.2, 0.25) is 0 Å². The lowest BCUT2D eigenvalue weighted by Gasteiger charge is -2.10. The Bertz CT molecular complexity index is 1090. The van der Waals surface area contributed by atoms with Crippen LogP contribution in [0.4, 0.5) is 18.9 Å². The van der Waals surface area contributed by atoms with Gasteiger partial charge in [-0.05, 0) is 48.0 Å². The quantitative estimate of drug-likeness (QED) is 0.519. The van der Waals surface area contributed by atoms with Crippen molar-refractivity contribution in [3.63, 3.8) is 0 Å². The molecular weight excluding hydrogens is 379 g/mol. The number of pyridine rings is 1. The van der Waals surface area contributed by atoms with Crippen LogP contribution in [0, 0.1) is 0 Å². The predicted molar refractivity (Wildman–Crippen MR) is 103 cm³/mol. The molecule has 8 heteroatoms. The number of nitrogens with one attached hydrogen (secondary N) is 1. The van der Waals surface area contributed by atoms with Gasteiger partial charge in [0, 0.05) is 30.2 Å². The fourth-order valence-corrected chi connectivity index (χ4v) is 2.88. The first-order valence-electron chi connectivity index (χ1n) is 8.83. The van der Waals surface area contributed by atoms with E-state index in [1.165, 1.54) is 16.8 Å². The van der Waals surface area contributed by atoms with Crippen molar-refractivity contribution >= 4 is 5.69 Å². The van der Waals surface area contributed by atoms with Crippen LogP contribution in [-0.4, -0.2) is 20.0 Å². The van der Waals surface area contributed by atoms with Crippen molar-refractivity contribution in [2.75, 3.05) is 5.32 Å². The van der Waals surface area contributed by atoms with E-state index >= 15 is 0 Å². The number of aromatic nitrogens is 4. The Kier molecular flexibility index (Phi) is 4.99. The molecule has 0 atom stereocenters. The monoisotopic (exact) mass is 395 g/mol.